The van der Waals surface area contributed by atoms with E-state index < -0.39 is 8.07 Å². The van der Waals surface area contributed by atoms with Crippen LogP contribution in [-0.4, -0.2) is 21.8 Å². The maximum Gasteiger partial charge on any atom is 0.181 e. The van der Waals surface area contributed by atoms with E-state index >= 15 is 0 Å². The molecule has 70 heavy (non-hydrogen) atoms. The first-order valence-corrected chi connectivity index (χ1v) is 26.2. The van der Waals surface area contributed by atoms with Gasteiger partial charge in [-0.25, -0.2) is 0 Å². The normalized spacial score (nSPS) is 12.0. The Morgan fingerprint density at radius 2 is 0.586 bits per heavy atom. The van der Waals surface area contributed by atoms with Crippen LogP contribution in [0, 0.1) is 0 Å². The van der Waals surface area contributed by atoms with Crippen LogP contribution in [0.2, 0.25) is 0 Å². The highest BCUT2D eigenvalue weighted by Crippen LogP contribution is 2.40. The van der Waals surface area contributed by atoms with Crippen LogP contribution in [0.1, 0.15) is 0 Å². The summed E-state index contributed by atoms with van der Waals surface area (Å²) < 4.78 is 7.51. The minimum absolute atomic E-state index is 1.11. The lowest BCUT2D eigenvalue weighted by Gasteiger charge is -2.35. The second kappa shape index (κ2) is 16.1. The Kier molecular flexibility index (Phi) is 9.23. The molecule has 0 atom stereocenters. The summed E-state index contributed by atoms with van der Waals surface area (Å²) in [6, 6.07) is 102. The van der Waals surface area contributed by atoms with Gasteiger partial charge in [-0.2, -0.15) is 0 Å². The molecule has 14 rings (SSSR count). The average molecular weight is 908 g/mol. The molecule has 0 bridgehead atoms. The summed E-state index contributed by atoms with van der Waals surface area (Å²) >= 11 is 0. The molecule has 3 heterocycles. The van der Waals surface area contributed by atoms with E-state index in [2.05, 4.69) is 287 Å². The molecule has 0 fully saturated rings. The van der Waals surface area contributed by atoms with Crippen molar-refractivity contribution >= 4 is 94.2 Å². The van der Waals surface area contributed by atoms with E-state index in [1.165, 1.54) is 86.3 Å². The summed E-state index contributed by atoms with van der Waals surface area (Å²) in [6.07, 6.45) is 0. The Morgan fingerprint density at radius 3 is 1.10 bits per heavy atom. The number of nitrogens with zero attached hydrogens (tertiary/aromatic N) is 3. The van der Waals surface area contributed by atoms with Gasteiger partial charge in [-0.3, -0.25) is 0 Å². The van der Waals surface area contributed by atoms with Crippen molar-refractivity contribution in [3.8, 4) is 28.2 Å². The molecule has 0 aliphatic heterocycles. The SMILES string of the molecule is c1ccc(-c2ccc(-n3c4ccccc4c4ccc(-n5c6cc(-n7c8ccccc8c8ccccc87)ccc6c6cccc([Si](c7ccccc7)(c7ccccc7)c7ccccc7)c65)cc43)cc2)cc1. The number of para-hydroxylation sites is 4. The minimum atomic E-state index is -3.04. The van der Waals surface area contributed by atoms with Crippen LogP contribution in [0.5, 0.6) is 0 Å². The Hall–Kier alpha value is -8.96. The van der Waals surface area contributed by atoms with Crippen LogP contribution in [0.3, 0.4) is 0 Å². The van der Waals surface area contributed by atoms with Crippen LogP contribution in [0.15, 0.2) is 273 Å². The minimum Gasteiger partial charge on any atom is -0.309 e. The highest BCUT2D eigenvalue weighted by atomic mass is 28.3. The summed E-state index contributed by atoms with van der Waals surface area (Å²) in [4.78, 5) is 0. The van der Waals surface area contributed by atoms with Crippen molar-refractivity contribution in [1.82, 2.24) is 13.7 Å². The van der Waals surface area contributed by atoms with Gasteiger partial charge in [0.15, 0.2) is 8.07 Å². The van der Waals surface area contributed by atoms with Gasteiger partial charge < -0.3 is 13.7 Å². The van der Waals surface area contributed by atoms with Crippen LogP contribution >= 0.6 is 0 Å². The van der Waals surface area contributed by atoms with E-state index in [-0.39, 0.29) is 0 Å². The molecule has 0 aliphatic rings. The summed E-state index contributed by atoms with van der Waals surface area (Å²) in [5.74, 6) is 0. The van der Waals surface area contributed by atoms with Gasteiger partial charge in [0.2, 0.25) is 0 Å². The zero-order chi connectivity index (χ0) is 46.2. The average Bonchev–Trinajstić information content (AvgIpc) is 4.08. The summed E-state index contributed by atoms with van der Waals surface area (Å²) in [5, 5.41) is 12.8. The fourth-order valence-corrected chi connectivity index (χ4v) is 16.8. The first kappa shape index (κ1) is 40.1. The van der Waals surface area contributed by atoms with Crippen LogP contribution in [0.4, 0.5) is 0 Å². The monoisotopic (exact) mass is 907 g/mol. The Labute approximate surface area is 407 Å². The number of hydrogen-bond donors (Lipinski definition) is 0. The number of benzene rings is 11. The molecular weight excluding hydrogens is 863 g/mol. The van der Waals surface area contributed by atoms with Crippen LogP contribution < -0.4 is 20.7 Å². The molecule has 3 nitrogen and oxygen atoms in total. The van der Waals surface area contributed by atoms with Crippen molar-refractivity contribution in [3.05, 3.63) is 273 Å². The summed E-state index contributed by atoms with van der Waals surface area (Å²) in [6.45, 7) is 0. The van der Waals surface area contributed by atoms with Gasteiger partial charge in [-0.05, 0) is 86.5 Å². The van der Waals surface area contributed by atoms with Crippen molar-refractivity contribution in [1.29, 1.82) is 0 Å². The third kappa shape index (κ3) is 6.00. The quantitative estimate of drug-likeness (QED) is 0.107. The third-order valence-electron chi connectivity index (χ3n) is 14.8. The van der Waals surface area contributed by atoms with Gasteiger partial charge in [-0.1, -0.05) is 218 Å². The van der Waals surface area contributed by atoms with Gasteiger partial charge in [0.05, 0.1) is 33.1 Å². The Bertz CT molecular complexity index is 4110. The largest absolute Gasteiger partial charge is 0.309 e. The molecule has 0 amide bonds. The molecule has 0 N–H and O–H groups in total. The van der Waals surface area contributed by atoms with E-state index in [1.807, 2.05) is 0 Å². The van der Waals surface area contributed by atoms with Crippen molar-refractivity contribution in [2.75, 3.05) is 0 Å². The Balaban J connectivity index is 1.12. The molecule has 3 aromatic heterocycles. The highest BCUT2D eigenvalue weighted by molar-refractivity contribution is 7.20. The maximum atomic E-state index is 2.61. The molecule has 14 aromatic rings. The molecular formula is C66H45N3Si. The maximum absolute atomic E-state index is 3.04. The molecule has 0 aliphatic carbocycles. The molecule has 328 valence electrons. The fraction of sp³-hybridized carbons (Fsp3) is 0. The topological polar surface area (TPSA) is 14.8 Å². The smallest absolute Gasteiger partial charge is 0.181 e. The first-order valence-electron chi connectivity index (χ1n) is 24.2. The molecule has 11 aromatic carbocycles. The van der Waals surface area contributed by atoms with Gasteiger partial charge in [0, 0.05) is 49.4 Å². The van der Waals surface area contributed by atoms with Crippen molar-refractivity contribution in [2.45, 2.75) is 0 Å². The third-order valence-corrected chi connectivity index (χ3v) is 19.6. The predicted octanol–water partition coefficient (Wildman–Crippen LogP) is 14.0. The fourth-order valence-electron chi connectivity index (χ4n) is 11.8. The lowest BCUT2D eigenvalue weighted by Crippen LogP contribution is -2.75. The molecule has 0 unspecified atom stereocenters. The number of rotatable bonds is 8. The van der Waals surface area contributed by atoms with Crippen molar-refractivity contribution < 1.29 is 0 Å². The number of fused-ring (bicyclic) bond motifs is 9. The van der Waals surface area contributed by atoms with Gasteiger partial charge in [0.1, 0.15) is 0 Å². The highest BCUT2D eigenvalue weighted by Gasteiger charge is 2.43. The van der Waals surface area contributed by atoms with Crippen LogP contribution in [0.25, 0.3) is 93.6 Å². The zero-order valence-corrected chi connectivity index (χ0v) is 39.3. The lowest BCUT2D eigenvalue weighted by atomic mass is 10.1. The van der Waals surface area contributed by atoms with E-state index in [0.717, 1.165) is 28.1 Å². The van der Waals surface area contributed by atoms with Gasteiger partial charge in [0.25, 0.3) is 0 Å². The van der Waals surface area contributed by atoms with Crippen molar-refractivity contribution in [2.24, 2.45) is 0 Å². The van der Waals surface area contributed by atoms with Crippen molar-refractivity contribution in [3.63, 3.8) is 0 Å². The van der Waals surface area contributed by atoms with E-state index in [4.69, 9.17) is 0 Å². The first-order chi connectivity index (χ1) is 34.8. The lowest BCUT2D eigenvalue weighted by molar-refractivity contribution is 1.15. The van der Waals surface area contributed by atoms with E-state index in [9.17, 15) is 0 Å². The van der Waals surface area contributed by atoms with Gasteiger partial charge in [-0.15, -0.1) is 0 Å². The van der Waals surface area contributed by atoms with E-state index in [0.29, 0.717) is 0 Å². The van der Waals surface area contributed by atoms with Crippen LogP contribution in [-0.2, 0) is 0 Å². The Morgan fingerprint density at radius 1 is 0.229 bits per heavy atom. The summed E-state index contributed by atoms with van der Waals surface area (Å²) in [5.41, 5.74) is 12.9. The van der Waals surface area contributed by atoms with E-state index in [1.54, 1.807) is 0 Å². The second-order valence-corrected chi connectivity index (χ2v) is 22.2. The number of hydrogen-bond acceptors (Lipinski definition) is 0. The molecule has 0 radical (unpaired) electrons. The standard InChI is InChI=1S/C66H45N3Si/c1-5-20-46(21-6-1)47-36-38-48(39-37-47)67-60-32-16-15-30-56(60)57-42-41-50(45-63(57)67)69-64-44-49(68-61-33-17-13-28-54(61)55-29-14-18-34-62(55)68)40-43-58(64)59-31-19-35-65(66(59)69)70(51-22-7-2-8-23-51,52-24-9-3-10-25-52)53-26-11-4-12-27-53/h1-45H. The molecule has 4 heteroatoms. The second-order valence-electron chi connectivity index (χ2n) is 18.4. The zero-order valence-electron chi connectivity index (χ0n) is 38.3. The predicted molar refractivity (Wildman–Crippen MR) is 299 cm³/mol. The summed E-state index contributed by atoms with van der Waals surface area (Å²) in [7, 11) is -3.04. The van der Waals surface area contributed by atoms with Gasteiger partial charge >= 0.3 is 0 Å². The number of aromatic nitrogens is 3. The molecule has 0 saturated heterocycles. The molecule has 0 spiro atoms. The molecule has 0 saturated carbocycles.